The summed E-state index contributed by atoms with van der Waals surface area (Å²) < 4.78 is 5.39. The van der Waals surface area contributed by atoms with E-state index in [1.807, 2.05) is 12.3 Å². The van der Waals surface area contributed by atoms with Crippen molar-refractivity contribution in [3.8, 4) is 0 Å². The quantitative estimate of drug-likeness (QED) is 0.900. The number of fused-ring (bicyclic) bond motifs is 1. The Morgan fingerprint density at radius 1 is 1.44 bits per heavy atom. The highest BCUT2D eigenvalue weighted by Gasteiger charge is 2.39. The summed E-state index contributed by atoms with van der Waals surface area (Å²) in [7, 11) is 0. The molecule has 1 saturated heterocycles. The van der Waals surface area contributed by atoms with Crippen LogP contribution in [0.25, 0.3) is 10.9 Å². The number of nitrogens with zero attached hydrogens (tertiary/aromatic N) is 1. The number of nitrogens with one attached hydrogen (secondary N) is 1. The topological polar surface area (TPSA) is 37.9 Å². The molecular formula is C14H17ClN2O. The standard InChI is InChI=1S/C14H17ClN2O/c1-8(2)12-9-5-16-17-11(9)4-10(15)13(12)14(3)6-18-7-14/h4-5,8H,6-7H2,1-3H3,(H,16,17). The first-order valence-corrected chi connectivity index (χ1v) is 6.64. The largest absolute Gasteiger partial charge is 0.379 e. The Balaban J connectivity index is 2.34. The van der Waals surface area contributed by atoms with Gasteiger partial charge in [0.2, 0.25) is 0 Å². The molecule has 0 spiro atoms. The van der Waals surface area contributed by atoms with Crippen molar-refractivity contribution in [2.24, 2.45) is 0 Å². The van der Waals surface area contributed by atoms with Gasteiger partial charge >= 0.3 is 0 Å². The van der Waals surface area contributed by atoms with Crippen molar-refractivity contribution >= 4 is 22.5 Å². The van der Waals surface area contributed by atoms with Crippen LogP contribution in [0.1, 0.15) is 37.8 Å². The number of rotatable bonds is 2. The second kappa shape index (κ2) is 3.97. The van der Waals surface area contributed by atoms with Crippen LogP contribution in [0, 0.1) is 0 Å². The van der Waals surface area contributed by atoms with E-state index in [2.05, 4.69) is 31.0 Å². The fourth-order valence-corrected chi connectivity index (χ4v) is 3.29. The van der Waals surface area contributed by atoms with Crippen molar-refractivity contribution in [3.63, 3.8) is 0 Å². The van der Waals surface area contributed by atoms with Gasteiger partial charge in [-0.25, -0.2) is 0 Å². The van der Waals surface area contributed by atoms with E-state index in [-0.39, 0.29) is 5.41 Å². The summed E-state index contributed by atoms with van der Waals surface area (Å²) in [5, 5.41) is 9.14. The third-order valence-corrected chi connectivity index (χ3v) is 4.06. The molecule has 0 atom stereocenters. The van der Waals surface area contributed by atoms with Crippen molar-refractivity contribution in [1.82, 2.24) is 10.2 Å². The summed E-state index contributed by atoms with van der Waals surface area (Å²) in [6, 6.07) is 1.98. The van der Waals surface area contributed by atoms with Gasteiger partial charge in [-0.1, -0.05) is 32.4 Å². The SMILES string of the molecule is CC(C)c1c(C2(C)COC2)c(Cl)cc2[nH]ncc12. The lowest BCUT2D eigenvalue weighted by atomic mass is 9.75. The van der Waals surface area contributed by atoms with Gasteiger partial charge in [0.1, 0.15) is 0 Å². The zero-order valence-corrected chi connectivity index (χ0v) is 11.6. The molecule has 0 aliphatic carbocycles. The van der Waals surface area contributed by atoms with Crippen LogP contribution in [0.4, 0.5) is 0 Å². The number of hydrogen-bond donors (Lipinski definition) is 1. The first kappa shape index (κ1) is 12.0. The molecule has 96 valence electrons. The number of halogens is 1. The van der Waals surface area contributed by atoms with Gasteiger partial charge in [-0.15, -0.1) is 0 Å². The Kier molecular flexibility index (Phi) is 2.65. The molecule has 0 amide bonds. The van der Waals surface area contributed by atoms with E-state index in [1.54, 1.807) is 0 Å². The number of aromatic amines is 1. The van der Waals surface area contributed by atoms with Crippen LogP contribution in [0.5, 0.6) is 0 Å². The second-order valence-electron chi connectivity index (χ2n) is 5.69. The Morgan fingerprint density at radius 3 is 2.72 bits per heavy atom. The number of benzene rings is 1. The van der Waals surface area contributed by atoms with Crippen LogP contribution >= 0.6 is 11.6 Å². The van der Waals surface area contributed by atoms with Crippen LogP contribution in [0.2, 0.25) is 5.02 Å². The Labute approximate surface area is 111 Å². The maximum absolute atomic E-state index is 6.50. The second-order valence-corrected chi connectivity index (χ2v) is 6.09. The highest BCUT2D eigenvalue weighted by molar-refractivity contribution is 6.32. The summed E-state index contributed by atoms with van der Waals surface area (Å²) in [4.78, 5) is 0. The molecule has 0 saturated carbocycles. The van der Waals surface area contributed by atoms with Gasteiger partial charge in [0, 0.05) is 15.8 Å². The zero-order chi connectivity index (χ0) is 12.9. The molecule has 2 aromatic rings. The highest BCUT2D eigenvalue weighted by atomic mass is 35.5. The first-order valence-electron chi connectivity index (χ1n) is 6.26. The normalized spacial score (nSPS) is 18.3. The average Bonchev–Trinajstić information content (AvgIpc) is 2.71. The van der Waals surface area contributed by atoms with E-state index in [0.717, 1.165) is 23.8 Å². The van der Waals surface area contributed by atoms with Crippen molar-refractivity contribution in [1.29, 1.82) is 0 Å². The molecule has 2 heterocycles. The van der Waals surface area contributed by atoms with Gasteiger partial charge in [-0.05, 0) is 23.1 Å². The van der Waals surface area contributed by atoms with E-state index in [0.29, 0.717) is 5.92 Å². The van der Waals surface area contributed by atoms with Crippen molar-refractivity contribution in [2.45, 2.75) is 32.1 Å². The van der Waals surface area contributed by atoms with Gasteiger partial charge in [-0.3, -0.25) is 5.10 Å². The Morgan fingerprint density at radius 2 is 2.17 bits per heavy atom. The summed E-state index contributed by atoms with van der Waals surface area (Å²) in [6.45, 7) is 8.11. The van der Waals surface area contributed by atoms with Gasteiger partial charge < -0.3 is 4.74 Å². The molecule has 18 heavy (non-hydrogen) atoms. The summed E-state index contributed by atoms with van der Waals surface area (Å²) in [5.41, 5.74) is 3.59. The lowest BCUT2D eigenvalue weighted by molar-refractivity contribution is -0.0503. The van der Waals surface area contributed by atoms with Crippen LogP contribution in [-0.4, -0.2) is 23.4 Å². The minimum atomic E-state index is 0.0438. The van der Waals surface area contributed by atoms with E-state index in [4.69, 9.17) is 16.3 Å². The van der Waals surface area contributed by atoms with E-state index >= 15 is 0 Å². The Bertz CT molecular complexity index is 599. The van der Waals surface area contributed by atoms with Crippen LogP contribution < -0.4 is 0 Å². The summed E-state index contributed by atoms with van der Waals surface area (Å²) >= 11 is 6.50. The van der Waals surface area contributed by atoms with Gasteiger partial charge in [0.05, 0.1) is 24.9 Å². The third kappa shape index (κ3) is 1.57. The lowest BCUT2D eigenvalue weighted by Crippen LogP contribution is -2.45. The van der Waals surface area contributed by atoms with E-state index in [9.17, 15) is 0 Å². The molecule has 0 radical (unpaired) electrons. The van der Waals surface area contributed by atoms with E-state index in [1.165, 1.54) is 16.5 Å². The van der Waals surface area contributed by atoms with E-state index < -0.39 is 0 Å². The predicted molar refractivity (Wildman–Crippen MR) is 73.4 cm³/mol. The number of aromatic nitrogens is 2. The number of H-pyrrole nitrogens is 1. The molecule has 1 aliphatic heterocycles. The fraction of sp³-hybridized carbons (Fsp3) is 0.500. The fourth-order valence-electron chi connectivity index (χ4n) is 2.85. The highest BCUT2D eigenvalue weighted by Crippen LogP contribution is 2.43. The van der Waals surface area contributed by atoms with Crippen LogP contribution in [0.15, 0.2) is 12.3 Å². The first-order chi connectivity index (χ1) is 8.53. The maximum Gasteiger partial charge on any atom is 0.0668 e. The molecule has 1 aromatic heterocycles. The van der Waals surface area contributed by atoms with Crippen molar-refractivity contribution in [2.75, 3.05) is 13.2 Å². The minimum absolute atomic E-state index is 0.0438. The number of hydrogen-bond acceptors (Lipinski definition) is 2. The summed E-state index contributed by atoms with van der Waals surface area (Å²) in [5.74, 6) is 0.413. The summed E-state index contributed by atoms with van der Waals surface area (Å²) in [6.07, 6.45) is 1.90. The Hall–Kier alpha value is -1.06. The van der Waals surface area contributed by atoms with Crippen LogP contribution in [0.3, 0.4) is 0 Å². The molecule has 1 aromatic carbocycles. The average molecular weight is 265 g/mol. The molecule has 3 rings (SSSR count). The van der Waals surface area contributed by atoms with Gasteiger partial charge in [-0.2, -0.15) is 5.10 Å². The van der Waals surface area contributed by atoms with Gasteiger partial charge in [0.15, 0.2) is 0 Å². The molecule has 4 heteroatoms. The molecule has 0 bridgehead atoms. The number of ether oxygens (including phenoxy) is 1. The minimum Gasteiger partial charge on any atom is -0.379 e. The van der Waals surface area contributed by atoms with Gasteiger partial charge in [0.25, 0.3) is 0 Å². The molecule has 3 nitrogen and oxygen atoms in total. The maximum atomic E-state index is 6.50. The third-order valence-electron chi connectivity index (χ3n) is 3.76. The van der Waals surface area contributed by atoms with Crippen molar-refractivity contribution in [3.05, 3.63) is 28.4 Å². The smallest absolute Gasteiger partial charge is 0.0668 e. The molecule has 1 fully saturated rings. The molecule has 1 N–H and O–H groups in total. The van der Waals surface area contributed by atoms with Crippen molar-refractivity contribution < 1.29 is 4.74 Å². The molecular weight excluding hydrogens is 248 g/mol. The molecule has 0 unspecified atom stereocenters. The lowest BCUT2D eigenvalue weighted by Gasteiger charge is -2.41. The van der Waals surface area contributed by atoms with Crippen LogP contribution in [-0.2, 0) is 10.2 Å². The molecule has 1 aliphatic rings. The predicted octanol–water partition coefficient (Wildman–Crippen LogP) is 3.63. The monoisotopic (exact) mass is 264 g/mol. The zero-order valence-electron chi connectivity index (χ0n) is 10.9.